The lowest BCUT2D eigenvalue weighted by atomic mass is 10.0. The summed E-state index contributed by atoms with van der Waals surface area (Å²) >= 11 is 3.38. The number of aryl methyl sites for hydroxylation is 1. The fraction of sp³-hybridized carbons (Fsp3) is 0.154. The molecule has 2 aromatic rings. The van der Waals surface area contributed by atoms with Crippen LogP contribution in [0.15, 0.2) is 45.5 Å². The number of Topliss-reactive ketones (excluding diaryl/α,β-unsaturated/α-hetero) is 1. The normalized spacial score (nSPS) is 10.4. The monoisotopic (exact) mass is 278 g/mol. The molecule has 1 aromatic carbocycles. The lowest BCUT2D eigenvalue weighted by Crippen LogP contribution is -2.04. The molecule has 0 spiro atoms. The minimum atomic E-state index is 0.0833. The zero-order valence-corrected chi connectivity index (χ0v) is 10.5. The van der Waals surface area contributed by atoms with Crippen LogP contribution >= 0.6 is 15.9 Å². The number of rotatable bonds is 3. The smallest absolute Gasteiger partial charge is 0.170 e. The van der Waals surface area contributed by atoms with Gasteiger partial charge in [0.25, 0.3) is 0 Å². The third-order valence-electron chi connectivity index (χ3n) is 2.40. The molecule has 1 aromatic heterocycles. The Labute approximate surface area is 102 Å². The SMILES string of the molecule is Cc1cc(Br)ccc1C(=O)Cc1ccco1. The van der Waals surface area contributed by atoms with E-state index in [-0.39, 0.29) is 5.78 Å². The zero-order valence-electron chi connectivity index (χ0n) is 8.87. The van der Waals surface area contributed by atoms with Crippen LogP contribution in [0, 0.1) is 6.92 Å². The topological polar surface area (TPSA) is 30.2 Å². The van der Waals surface area contributed by atoms with Crippen molar-refractivity contribution < 1.29 is 9.21 Å². The van der Waals surface area contributed by atoms with E-state index in [1.807, 2.05) is 31.2 Å². The summed E-state index contributed by atoms with van der Waals surface area (Å²) in [6.45, 7) is 1.93. The first-order valence-electron chi connectivity index (χ1n) is 4.98. The van der Waals surface area contributed by atoms with Crippen LogP contribution in [0.25, 0.3) is 0 Å². The van der Waals surface area contributed by atoms with Crippen LogP contribution in [0.4, 0.5) is 0 Å². The molecule has 82 valence electrons. The van der Waals surface area contributed by atoms with Crippen molar-refractivity contribution in [2.75, 3.05) is 0 Å². The van der Waals surface area contributed by atoms with Crippen LogP contribution in [0.5, 0.6) is 0 Å². The number of carbonyl (C=O) groups is 1. The molecule has 0 aliphatic carbocycles. The molecule has 1 heterocycles. The van der Waals surface area contributed by atoms with Gasteiger partial charge in [0, 0.05) is 10.0 Å². The maximum atomic E-state index is 12.0. The number of benzene rings is 1. The quantitative estimate of drug-likeness (QED) is 0.800. The molecule has 0 N–H and O–H groups in total. The van der Waals surface area contributed by atoms with E-state index in [2.05, 4.69) is 15.9 Å². The van der Waals surface area contributed by atoms with Crippen molar-refractivity contribution in [3.8, 4) is 0 Å². The molecule has 3 heteroatoms. The molecule has 2 nitrogen and oxygen atoms in total. The second-order valence-electron chi connectivity index (χ2n) is 3.64. The van der Waals surface area contributed by atoms with Crippen LogP contribution in [0.2, 0.25) is 0 Å². The van der Waals surface area contributed by atoms with Gasteiger partial charge in [0.15, 0.2) is 5.78 Å². The molecule has 0 saturated heterocycles. The van der Waals surface area contributed by atoms with Gasteiger partial charge >= 0.3 is 0 Å². The first-order valence-corrected chi connectivity index (χ1v) is 5.78. The van der Waals surface area contributed by atoms with Gasteiger partial charge in [-0.15, -0.1) is 0 Å². The minimum Gasteiger partial charge on any atom is -0.469 e. The molecular formula is C13H11BrO2. The molecule has 0 aliphatic rings. The van der Waals surface area contributed by atoms with Crippen molar-refractivity contribution in [1.29, 1.82) is 0 Å². The van der Waals surface area contributed by atoms with Gasteiger partial charge in [-0.2, -0.15) is 0 Å². The van der Waals surface area contributed by atoms with Crippen molar-refractivity contribution >= 4 is 21.7 Å². The zero-order chi connectivity index (χ0) is 11.5. The first kappa shape index (κ1) is 11.1. The highest BCUT2D eigenvalue weighted by atomic mass is 79.9. The van der Waals surface area contributed by atoms with E-state index >= 15 is 0 Å². The number of furan rings is 1. The third kappa shape index (κ3) is 2.42. The molecule has 0 radical (unpaired) electrons. The van der Waals surface area contributed by atoms with E-state index in [0.29, 0.717) is 12.2 Å². The fourth-order valence-electron chi connectivity index (χ4n) is 1.61. The molecule has 16 heavy (non-hydrogen) atoms. The Hall–Kier alpha value is -1.35. The Morgan fingerprint density at radius 1 is 1.38 bits per heavy atom. The number of hydrogen-bond donors (Lipinski definition) is 0. The molecule has 0 saturated carbocycles. The van der Waals surface area contributed by atoms with E-state index in [9.17, 15) is 4.79 Å². The summed E-state index contributed by atoms with van der Waals surface area (Å²) in [6.07, 6.45) is 1.90. The fourth-order valence-corrected chi connectivity index (χ4v) is 2.08. The Morgan fingerprint density at radius 3 is 2.81 bits per heavy atom. The van der Waals surface area contributed by atoms with Crippen LogP contribution < -0.4 is 0 Å². The van der Waals surface area contributed by atoms with Gasteiger partial charge in [-0.25, -0.2) is 0 Å². The van der Waals surface area contributed by atoms with Crippen molar-refractivity contribution in [3.05, 3.63) is 58.0 Å². The Balaban J connectivity index is 2.21. The predicted molar refractivity (Wildman–Crippen MR) is 65.6 cm³/mol. The van der Waals surface area contributed by atoms with Crippen LogP contribution in [0.3, 0.4) is 0 Å². The van der Waals surface area contributed by atoms with Gasteiger partial charge < -0.3 is 4.42 Å². The van der Waals surface area contributed by atoms with Gasteiger partial charge in [-0.3, -0.25) is 4.79 Å². The molecule has 0 atom stereocenters. The summed E-state index contributed by atoms with van der Waals surface area (Å²) in [5.74, 6) is 0.785. The minimum absolute atomic E-state index is 0.0833. The van der Waals surface area contributed by atoms with E-state index in [0.717, 1.165) is 15.6 Å². The maximum Gasteiger partial charge on any atom is 0.170 e. The summed E-state index contributed by atoms with van der Waals surface area (Å²) in [5.41, 5.74) is 1.73. The van der Waals surface area contributed by atoms with E-state index in [4.69, 9.17) is 4.42 Å². The average molecular weight is 279 g/mol. The number of halogens is 1. The molecule has 0 unspecified atom stereocenters. The third-order valence-corrected chi connectivity index (χ3v) is 2.90. The molecule has 0 aliphatic heterocycles. The van der Waals surface area contributed by atoms with Gasteiger partial charge in [0.1, 0.15) is 5.76 Å². The molecule has 0 amide bonds. The van der Waals surface area contributed by atoms with Crippen molar-refractivity contribution in [2.24, 2.45) is 0 Å². The Bertz CT molecular complexity index is 501. The lowest BCUT2D eigenvalue weighted by molar-refractivity contribution is 0.0986. The van der Waals surface area contributed by atoms with E-state index < -0.39 is 0 Å². The summed E-state index contributed by atoms with van der Waals surface area (Å²) in [5, 5.41) is 0. The highest BCUT2D eigenvalue weighted by molar-refractivity contribution is 9.10. The Kier molecular flexibility index (Phi) is 3.25. The lowest BCUT2D eigenvalue weighted by Gasteiger charge is -2.04. The Morgan fingerprint density at radius 2 is 2.19 bits per heavy atom. The summed E-state index contributed by atoms with van der Waals surface area (Å²) in [4.78, 5) is 12.0. The van der Waals surface area contributed by atoms with Crippen molar-refractivity contribution in [3.63, 3.8) is 0 Å². The van der Waals surface area contributed by atoms with Crippen molar-refractivity contribution in [2.45, 2.75) is 13.3 Å². The largest absolute Gasteiger partial charge is 0.469 e. The second kappa shape index (κ2) is 4.66. The van der Waals surface area contributed by atoms with Gasteiger partial charge in [-0.1, -0.05) is 22.0 Å². The highest BCUT2D eigenvalue weighted by Gasteiger charge is 2.11. The van der Waals surface area contributed by atoms with Gasteiger partial charge in [-0.05, 0) is 36.8 Å². The maximum absolute atomic E-state index is 12.0. The van der Waals surface area contributed by atoms with E-state index in [1.54, 1.807) is 12.3 Å². The molecular weight excluding hydrogens is 268 g/mol. The van der Waals surface area contributed by atoms with Crippen LogP contribution in [-0.2, 0) is 6.42 Å². The molecule has 0 bridgehead atoms. The van der Waals surface area contributed by atoms with Crippen LogP contribution in [0.1, 0.15) is 21.7 Å². The summed E-state index contributed by atoms with van der Waals surface area (Å²) in [7, 11) is 0. The average Bonchev–Trinajstić information content (AvgIpc) is 2.70. The van der Waals surface area contributed by atoms with Crippen LogP contribution in [-0.4, -0.2) is 5.78 Å². The van der Waals surface area contributed by atoms with E-state index in [1.165, 1.54) is 0 Å². The summed E-state index contributed by atoms with van der Waals surface area (Å²) in [6, 6.07) is 9.26. The second-order valence-corrected chi connectivity index (χ2v) is 4.55. The van der Waals surface area contributed by atoms with Gasteiger partial charge in [0.05, 0.1) is 12.7 Å². The molecule has 2 rings (SSSR count). The number of ketones is 1. The molecule has 0 fully saturated rings. The predicted octanol–water partition coefficient (Wildman–Crippen LogP) is 3.78. The van der Waals surface area contributed by atoms with Crippen molar-refractivity contribution in [1.82, 2.24) is 0 Å². The first-order chi connectivity index (χ1) is 7.66. The number of hydrogen-bond acceptors (Lipinski definition) is 2. The standard InChI is InChI=1S/C13H11BrO2/c1-9-7-10(14)4-5-12(9)13(15)8-11-3-2-6-16-11/h2-7H,8H2,1H3. The highest BCUT2D eigenvalue weighted by Crippen LogP contribution is 2.17. The summed E-state index contributed by atoms with van der Waals surface area (Å²) < 4.78 is 6.14. The number of carbonyl (C=O) groups excluding carboxylic acids is 1. The van der Waals surface area contributed by atoms with Gasteiger partial charge in [0.2, 0.25) is 0 Å².